The number of fused-ring (bicyclic) bond motifs is 1. The van der Waals surface area contributed by atoms with Crippen LogP contribution in [-0.2, 0) is 0 Å². The summed E-state index contributed by atoms with van der Waals surface area (Å²) in [4.78, 5) is 9.75. The molecule has 0 aliphatic rings. The fraction of sp³-hybridized carbons (Fsp3) is 0.200. The van der Waals surface area contributed by atoms with Crippen molar-refractivity contribution in [2.45, 2.75) is 41.5 Å². The van der Waals surface area contributed by atoms with E-state index in [1.54, 1.807) is 0 Å². The first kappa shape index (κ1) is 23.2. The molecule has 0 saturated heterocycles. The molecule has 0 aromatic heterocycles. The third-order valence-corrected chi connectivity index (χ3v) is 5.94. The minimum absolute atomic E-state index is 0.847. The third-order valence-electron chi connectivity index (χ3n) is 5.94. The SMILES string of the molecule is CC(=Nc1c(C)cccc1C)Nc1cc(NC(C)=Nc2c(C)cccc2C)c2ccccc2c1. The van der Waals surface area contributed by atoms with Crippen LogP contribution in [0.4, 0.5) is 22.7 Å². The van der Waals surface area contributed by atoms with Crippen LogP contribution in [-0.4, -0.2) is 11.7 Å². The van der Waals surface area contributed by atoms with Crippen LogP contribution in [0.5, 0.6) is 0 Å². The second-order valence-corrected chi connectivity index (χ2v) is 8.87. The summed E-state index contributed by atoms with van der Waals surface area (Å²) >= 11 is 0. The molecule has 0 fully saturated rings. The maximum Gasteiger partial charge on any atom is 0.103 e. The zero-order chi connectivity index (χ0) is 24.2. The molecule has 0 aliphatic heterocycles. The number of para-hydroxylation sites is 2. The molecule has 4 aromatic rings. The maximum atomic E-state index is 4.89. The van der Waals surface area contributed by atoms with Gasteiger partial charge in [-0.05, 0) is 81.3 Å². The van der Waals surface area contributed by atoms with Gasteiger partial charge in [0.25, 0.3) is 0 Å². The maximum absolute atomic E-state index is 4.89. The summed E-state index contributed by atoms with van der Waals surface area (Å²) in [7, 11) is 0. The van der Waals surface area contributed by atoms with Gasteiger partial charge in [-0.3, -0.25) is 0 Å². The topological polar surface area (TPSA) is 48.8 Å². The van der Waals surface area contributed by atoms with E-state index < -0.39 is 0 Å². The van der Waals surface area contributed by atoms with Gasteiger partial charge in [-0.2, -0.15) is 0 Å². The van der Waals surface area contributed by atoms with Gasteiger partial charge in [0.2, 0.25) is 0 Å². The Morgan fingerprint density at radius 1 is 0.588 bits per heavy atom. The van der Waals surface area contributed by atoms with Gasteiger partial charge in [0.05, 0.1) is 11.4 Å². The Hall–Kier alpha value is -3.92. The number of amidine groups is 2. The molecule has 34 heavy (non-hydrogen) atoms. The third kappa shape index (κ3) is 5.18. The lowest BCUT2D eigenvalue weighted by molar-refractivity contribution is 1.32. The number of hydrogen-bond acceptors (Lipinski definition) is 2. The van der Waals surface area contributed by atoms with Gasteiger partial charge in [-0.25, -0.2) is 9.98 Å². The number of anilines is 2. The van der Waals surface area contributed by atoms with E-state index in [9.17, 15) is 0 Å². The lowest BCUT2D eigenvalue weighted by Crippen LogP contribution is -2.10. The average molecular weight is 449 g/mol. The Morgan fingerprint density at radius 3 is 1.65 bits per heavy atom. The molecule has 0 aliphatic carbocycles. The molecule has 0 unspecified atom stereocenters. The largest absolute Gasteiger partial charge is 0.344 e. The summed E-state index contributed by atoms with van der Waals surface area (Å²) in [5.74, 6) is 1.69. The monoisotopic (exact) mass is 448 g/mol. The van der Waals surface area contributed by atoms with Crippen molar-refractivity contribution in [1.82, 2.24) is 0 Å². The lowest BCUT2D eigenvalue weighted by Gasteiger charge is -2.15. The molecule has 0 spiro atoms. The van der Waals surface area contributed by atoms with E-state index in [0.29, 0.717) is 0 Å². The number of nitrogens with zero attached hydrogens (tertiary/aromatic N) is 2. The van der Waals surface area contributed by atoms with Crippen LogP contribution >= 0.6 is 0 Å². The summed E-state index contributed by atoms with van der Waals surface area (Å²) < 4.78 is 0. The summed E-state index contributed by atoms with van der Waals surface area (Å²) in [6.45, 7) is 12.4. The van der Waals surface area contributed by atoms with Gasteiger partial charge in [-0.1, -0.05) is 60.7 Å². The Balaban J connectivity index is 1.68. The molecule has 2 N–H and O–H groups in total. The standard InChI is InChI=1S/C30H32N4/c1-19-11-9-12-20(2)29(19)33-23(5)31-26-17-25-15-7-8-16-27(25)28(18-26)32-24(6)34-30-21(3)13-10-14-22(30)4/h7-18H,1-6H3,(H,31,33)(H,32,34). The van der Waals surface area contributed by atoms with E-state index in [-0.39, 0.29) is 0 Å². The van der Waals surface area contributed by atoms with Crippen molar-refractivity contribution in [2.75, 3.05) is 10.6 Å². The van der Waals surface area contributed by atoms with Crippen molar-refractivity contribution in [2.24, 2.45) is 9.98 Å². The number of rotatable bonds is 4. The van der Waals surface area contributed by atoms with Crippen LogP contribution in [0.1, 0.15) is 36.1 Å². The first-order chi connectivity index (χ1) is 16.3. The van der Waals surface area contributed by atoms with Crippen molar-refractivity contribution < 1.29 is 0 Å². The Labute approximate surface area is 202 Å². The molecule has 4 aromatic carbocycles. The van der Waals surface area contributed by atoms with Crippen LogP contribution in [0.2, 0.25) is 0 Å². The highest BCUT2D eigenvalue weighted by Crippen LogP contribution is 2.30. The van der Waals surface area contributed by atoms with E-state index >= 15 is 0 Å². The van der Waals surface area contributed by atoms with Crippen LogP contribution in [0.25, 0.3) is 10.8 Å². The molecule has 4 rings (SSSR count). The molecule has 4 heteroatoms. The van der Waals surface area contributed by atoms with Gasteiger partial charge < -0.3 is 10.6 Å². The minimum Gasteiger partial charge on any atom is -0.344 e. The molecule has 0 atom stereocenters. The van der Waals surface area contributed by atoms with Gasteiger partial charge in [0.1, 0.15) is 11.7 Å². The lowest BCUT2D eigenvalue weighted by atomic mass is 10.1. The highest BCUT2D eigenvalue weighted by molar-refractivity contribution is 6.07. The predicted octanol–water partition coefficient (Wildman–Crippen LogP) is 8.40. The second-order valence-electron chi connectivity index (χ2n) is 8.87. The smallest absolute Gasteiger partial charge is 0.103 e. The van der Waals surface area contributed by atoms with Crippen molar-refractivity contribution >= 4 is 45.2 Å². The Kier molecular flexibility index (Phi) is 6.78. The van der Waals surface area contributed by atoms with Crippen LogP contribution in [0.3, 0.4) is 0 Å². The summed E-state index contributed by atoms with van der Waals surface area (Å²) in [6, 6.07) is 25.2. The predicted molar refractivity (Wildman–Crippen MR) is 149 cm³/mol. The van der Waals surface area contributed by atoms with Gasteiger partial charge in [0.15, 0.2) is 0 Å². The van der Waals surface area contributed by atoms with E-state index in [0.717, 1.165) is 45.2 Å². The van der Waals surface area contributed by atoms with Crippen LogP contribution in [0.15, 0.2) is 82.8 Å². The molecule has 172 valence electrons. The molecular weight excluding hydrogens is 416 g/mol. The average Bonchev–Trinajstić information content (AvgIpc) is 2.79. The quantitative estimate of drug-likeness (QED) is 0.243. The van der Waals surface area contributed by atoms with E-state index in [2.05, 4.69) is 111 Å². The highest BCUT2D eigenvalue weighted by atomic mass is 15.0. The highest BCUT2D eigenvalue weighted by Gasteiger charge is 2.08. The number of aliphatic imine (C=N–C) groups is 2. The molecule has 0 saturated carbocycles. The molecule has 0 heterocycles. The van der Waals surface area contributed by atoms with E-state index in [4.69, 9.17) is 9.98 Å². The molecule has 0 amide bonds. The van der Waals surface area contributed by atoms with Crippen molar-refractivity contribution in [1.29, 1.82) is 0 Å². The summed E-state index contributed by atoms with van der Waals surface area (Å²) in [5, 5.41) is 9.32. The van der Waals surface area contributed by atoms with E-state index in [1.807, 2.05) is 13.8 Å². The number of hydrogen-bond donors (Lipinski definition) is 2. The summed E-state index contributed by atoms with van der Waals surface area (Å²) in [6.07, 6.45) is 0. The zero-order valence-corrected chi connectivity index (χ0v) is 20.8. The zero-order valence-electron chi connectivity index (χ0n) is 20.8. The molecule has 4 nitrogen and oxygen atoms in total. The molecule has 0 radical (unpaired) electrons. The van der Waals surface area contributed by atoms with Crippen LogP contribution in [0, 0.1) is 27.7 Å². The van der Waals surface area contributed by atoms with Crippen LogP contribution < -0.4 is 10.6 Å². The Morgan fingerprint density at radius 2 is 1.09 bits per heavy atom. The number of benzene rings is 4. The first-order valence-electron chi connectivity index (χ1n) is 11.6. The van der Waals surface area contributed by atoms with Gasteiger partial charge in [-0.15, -0.1) is 0 Å². The van der Waals surface area contributed by atoms with Crippen molar-refractivity contribution in [3.63, 3.8) is 0 Å². The van der Waals surface area contributed by atoms with Gasteiger partial charge in [0, 0.05) is 16.8 Å². The fourth-order valence-electron chi connectivity index (χ4n) is 4.25. The number of nitrogens with one attached hydrogen (secondary N) is 2. The minimum atomic E-state index is 0.847. The molecular formula is C30H32N4. The van der Waals surface area contributed by atoms with Crippen molar-refractivity contribution in [3.05, 3.63) is 95.1 Å². The van der Waals surface area contributed by atoms with Gasteiger partial charge >= 0.3 is 0 Å². The fourth-order valence-corrected chi connectivity index (χ4v) is 4.25. The second kappa shape index (κ2) is 9.92. The molecule has 0 bridgehead atoms. The van der Waals surface area contributed by atoms with E-state index in [1.165, 1.54) is 22.3 Å². The normalized spacial score (nSPS) is 12.2. The number of aryl methyl sites for hydroxylation is 4. The first-order valence-corrected chi connectivity index (χ1v) is 11.6. The van der Waals surface area contributed by atoms with Crippen molar-refractivity contribution in [3.8, 4) is 0 Å². The Bertz CT molecular complexity index is 1370. The summed E-state index contributed by atoms with van der Waals surface area (Å²) in [5.41, 5.74) is 8.69.